The van der Waals surface area contributed by atoms with Crippen molar-refractivity contribution in [2.24, 2.45) is 5.41 Å². The highest BCUT2D eigenvalue weighted by Crippen LogP contribution is 2.76. The second-order valence-electron chi connectivity index (χ2n) is 18.3. The Balaban J connectivity index is 1.26. The Kier molecular flexibility index (Phi) is 2.82. The topological polar surface area (TPSA) is 3.24 Å². The lowest BCUT2D eigenvalue weighted by molar-refractivity contribution is 0.241. The van der Waals surface area contributed by atoms with Crippen molar-refractivity contribution in [3.05, 3.63) is 98.9 Å². The van der Waals surface area contributed by atoms with Gasteiger partial charge in [-0.2, -0.15) is 0 Å². The first kappa shape index (κ1) is 23.3. The van der Waals surface area contributed by atoms with Crippen molar-refractivity contribution >= 4 is 125 Å². The van der Waals surface area contributed by atoms with E-state index in [9.17, 15) is 0 Å². The number of likely N-dealkylation sites (tertiary alicyclic amines) is 1. The predicted molar refractivity (Wildman–Crippen MR) is 213 cm³/mol. The summed E-state index contributed by atoms with van der Waals surface area (Å²) in [6.07, 6.45) is 10.7. The van der Waals surface area contributed by atoms with Crippen LogP contribution < -0.4 is 10.4 Å². The van der Waals surface area contributed by atoms with Crippen molar-refractivity contribution in [1.82, 2.24) is 4.90 Å². The maximum Gasteiger partial charge on any atom is 0.0452 e. The van der Waals surface area contributed by atoms with Gasteiger partial charge >= 0.3 is 0 Å². The van der Waals surface area contributed by atoms with Crippen molar-refractivity contribution in [2.45, 2.75) is 43.1 Å². The third kappa shape index (κ3) is 1.69. The van der Waals surface area contributed by atoms with Crippen molar-refractivity contribution in [1.29, 1.82) is 0 Å². The number of likely N-dealkylation sites (N-methyl/N-ethyl adjacent to an activating group) is 1. The van der Waals surface area contributed by atoms with Crippen LogP contribution in [0.1, 0.15) is 65.5 Å². The summed E-state index contributed by atoms with van der Waals surface area (Å²) in [4.78, 5) is 2.75. The monoisotopic (exact) mass is 641 g/mol. The van der Waals surface area contributed by atoms with Gasteiger partial charge in [-0.3, -0.25) is 4.90 Å². The molecule has 232 valence electrons. The Hall–Kier alpha value is -5.24. The average molecular weight is 642 g/mol. The highest BCUT2D eigenvalue weighted by molar-refractivity contribution is 6.62. The minimum atomic E-state index is -0.105. The first-order chi connectivity index (χ1) is 25.1. The van der Waals surface area contributed by atoms with Crippen LogP contribution in [0.15, 0.2) is 60.7 Å². The van der Waals surface area contributed by atoms with Gasteiger partial charge in [-0.05, 0) is 183 Å². The maximum atomic E-state index is 2.84. The molecule has 1 heterocycles. The Morgan fingerprint density at radius 2 is 1.14 bits per heavy atom. The number of benzene rings is 8. The maximum absolute atomic E-state index is 2.84. The molecule has 0 radical (unpaired) electrons. The van der Waals surface area contributed by atoms with E-state index in [2.05, 4.69) is 91.7 Å². The van der Waals surface area contributed by atoms with Gasteiger partial charge in [0.25, 0.3) is 0 Å². The van der Waals surface area contributed by atoms with Crippen LogP contribution in [0.3, 0.4) is 0 Å². The largest absolute Gasteiger partial charge is 0.297 e. The van der Waals surface area contributed by atoms with E-state index in [1.807, 2.05) is 0 Å². The molecule has 0 aromatic heterocycles. The molecule has 0 amide bonds. The van der Waals surface area contributed by atoms with E-state index >= 15 is 0 Å². The summed E-state index contributed by atoms with van der Waals surface area (Å²) in [5, 5.41) is 35.1. The molecule has 4 unspecified atom stereocenters. The summed E-state index contributed by atoms with van der Waals surface area (Å²) < 4.78 is 0. The van der Waals surface area contributed by atoms with Crippen LogP contribution in [0.25, 0.3) is 125 Å². The molecule has 12 aromatic carbocycles. The summed E-state index contributed by atoms with van der Waals surface area (Å²) in [6.45, 7) is 3.74. The summed E-state index contributed by atoms with van der Waals surface area (Å²) in [7, 11) is 2.43. The predicted octanol–water partition coefficient (Wildman–Crippen LogP) is 10.6. The van der Waals surface area contributed by atoms with Gasteiger partial charge in [-0.25, -0.2) is 0 Å². The van der Waals surface area contributed by atoms with Crippen LogP contribution in [-0.2, 0) is 5.41 Å². The highest BCUT2D eigenvalue weighted by atomic mass is 15.2. The van der Waals surface area contributed by atoms with E-state index < -0.39 is 0 Å². The van der Waals surface area contributed by atoms with Crippen LogP contribution in [0, 0.1) is 5.41 Å². The van der Waals surface area contributed by atoms with Crippen molar-refractivity contribution in [2.75, 3.05) is 13.6 Å². The fraction of sp³-hybridized carbons (Fsp3) is 0.200. The van der Waals surface area contributed by atoms with Crippen molar-refractivity contribution in [3.8, 4) is 0 Å². The molecule has 1 fully saturated rings. The normalized spacial score (nSPS) is 29.1. The fourth-order valence-electron chi connectivity index (χ4n) is 16.2. The fourth-order valence-corrected chi connectivity index (χ4v) is 16.2. The molecule has 0 saturated carbocycles. The summed E-state index contributed by atoms with van der Waals surface area (Å²) in [5.41, 5.74) is 9.88. The zero-order chi connectivity index (χ0) is 32.1. The second kappa shape index (κ2) is 6.18. The molecular weight excluding hydrogens is 615 g/mol. The zero-order valence-corrected chi connectivity index (χ0v) is 28.2. The van der Waals surface area contributed by atoms with Gasteiger partial charge in [0.1, 0.15) is 0 Å². The van der Waals surface area contributed by atoms with Gasteiger partial charge in [-0.1, -0.05) is 79.7 Å². The number of fused-ring (bicyclic) bond motifs is 4. The zero-order valence-electron chi connectivity index (χ0n) is 28.2. The van der Waals surface area contributed by atoms with Gasteiger partial charge < -0.3 is 0 Å². The summed E-state index contributed by atoms with van der Waals surface area (Å²) in [6, 6.07) is 21.9. The lowest BCUT2D eigenvalue weighted by Gasteiger charge is -2.46. The third-order valence-electron chi connectivity index (χ3n) is 17.2. The SMILES string of the molecule is CN1C[C@]23C4=CCC5c6c4c4c2c2c(c7ccc8c9ccc%10c%11c%12c(c6c6c4c4c2c7c8c2c9c%10c%12c6c42)C5CC=%11)=CC3(C)C1c1ccccc1. The van der Waals surface area contributed by atoms with E-state index in [1.54, 1.807) is 119 Å². The van der Waals surface area contributed by atoms with E-state index in [1.165, 1.54) is 45.2 Å². The third-order valence-corrected chi connectivity index (χ3v) is 17.2. The smallest absolute Gasteiger partial charge is 0.0452 e. The molecule has 51 heavy (non-hydrogen) atoms. The molecule has 1 spiro atoms. The molecule has 1 heteroatoms. The lowest BCUT2D eigenvalue weighted by Crippen LogP contribution is -2.45. The van der Waals surface area contributed by atoms with Gasteiger partial charge in [0.15, 0.2) is 0 Å². The molecular formula is C50H27N. The van der Waals surface area contributed by atoms with Gasteiger partial charge in [0.05, 0.1) is 0 Å². The molecule has 12 aromatic rings. The van der Waals surface area contributed by atoms with Crippen LogP contribution in [0.2, 0.25) is 0 Å². The number of rotatable bonds is 1. The molecule has 18 rings (SSSR count). The lowest BCUT2D eigenvalue weighted by atomic mass is 9.54. The molecule has 5 aliphatic carbocycles. The van der Waals surface area contributed by atoms with Crippen LogP contribution in [-0.4, -0.2) is 18.5 Å². The number of hydrogen-bond donors (Lipinski definition) is 0. The van der Waals surface area contributed by atoms with Crippen LogP contribution >= 0.6 is 0 Å². The van der Waals surface area contributed by atoms with E-state index in [-0.39, 0.29) is 10.8 Å². The first-order valence-corrected chi connectivity index (χ1v) is 19.4. The Morgan fingerprint density at radius 3 is 1.92 bits per heavy atom. The Morgan fingerprint density at radius 1 is 0.549 bits per heavy atom. The number of nitrogens with zero attached hydrogens (tertiary/aromatic N) is 1. The minimum absolute atomic E-state index is 0.0822. The molecule has 5 atom stereocenters. The standard InChI is InChI=1S/C50H27N/c1-49-16-26-25-13-12-22-21-9-8-19-20-10-11-23-24-14-15-27-36-34(24)39-31(23)30(20)37-28(19)29(21)38-32(22)33(25)40-35(26)47(46(36)45-43(39)41(37)42(38)44(40)45)50(27,49)17-51(2)48(49)18-6-4-3-5-7-18/h3-10,12-13,15-16,23-24,48H,11,14,17H2,1-2H3/t23?,24?,48?,49?,50-/m0/s1. The van der Waals surface area contributed by atoms with Crippen molar-refractivity contribution in [3.63, 3.8) is 0 Å². The van der Waals surface area contributed by atoms with Gasteiger partial charge in [0.2, 0.25) is 0 Å². The van der Waals surface area contributed by atoms with Crippen LogP contribution in [0.5, 0.6) is 0 Å². The van der Waals surface area contributed by atoms with Crippen LogP contribution in [0.4, 0.5) is 0 Å². The van der Waals surface area contributed by atoms with E-state index in [0.717, 1.165) is 6.54 Å². The number of hydrogen-bond acceptors (Lipinski definition) is 1. The van der Waals surface area contributed by atoms with Crippen molar-refractivity contribution < 1.29 is 0 Å². The van der Waals surface area contributed by atoms with Gasteiger partial charge in [0, 0.05) is 23.4 Å². The molecule has 0 bridgehead atoms. The molecule has 1 nitrogen and oxygen atoms in total. The highest BCUT2D eigenvalue weighted by Gasteiger charge is 2.67. The molecule has 6 aliphatic rings. The first-order valence-electron chi connectivity index (χ1n) is 19.4. The molecule has 1 aliphatic heterocycles. The average Bonchev–Trinajstić information content (AvgIpc) is 3.99. The Bertz CT molecular complexity index is 3880. The minimum Gasteiger partial charge on any atom is -0.297 e. The molecule has 0 N–H and O–H groups in total. The summed E-state index contributed by atoms with van der Waals surface area (Å²) in [5.74, 6) is 1.18. The Labute approximate surface area is 290 Å². The van der Waals surface area contributed by atoms with Gasteiger partial charge in [-0.15, -0.1) is 0 Å². The van der Waals surface area contributed by atoms with E-state index in [4.69, 9.17) is 0 Å². The summed E-state index contributed by atoms with van der Waals surface area (Å²) >= 11 is 0. The quantitative estimate of drug-likeness (QED) is 0.161. The second-order valence-corrected chi connectivity index (χ2v) is 18.3. The number of allylic oxidation sites excluding steroid dienone is 1. The molecule has 1 saturated heterocycles. The van der Waals surface area contributed by atoms with E-state index in [0.29, 0.717) is 17.9 Å².